The van der Waals surface area contributed by atoms with Gasteiger partial charge in [0.25, 0.3) is 0 Å². The van der Waals surface area contributed by atoms with Crippen LogP contribution in [0.1, 0.15) is 19.3 Å². The van der Waals surface area contributed by atoms with Gasteiger partial charge in [-0.2, -0.15) is 5.26 Å². The van der Waals surface area contributed by atoms with Crippen LogP contribution in [0.15, 0.2) is 0 Å². The Bertz CT molecular complexity index is 212. The first-order valence-corrected chi connectivity index (χ1v) is 4.03. The predicted molar refractivity (Wildman–Crippen MR) is 40.9 cm³/mol. The number of piperidine rings is 1. The normalized spacial score (nSPS) is 23.3. The van der Waals surface area contributed by atoms with Gasteiger partial charge in [-0.1, -0.05) is 0 Å². The number of alkyl halides is 1. The molecule has 1 aliphatic heterocycles. The van der Waals surface area contributed by atoms with E-state index in [9.17, 15) is 9.18 Å². The van der Waals surface area contributed by atoms with E-state index in [-0.39, 0.29) is 18.9 Å². The zero-order chi connectivity index (χ0) is 8.97. The largest absolute Gasteiger partial charge is 0.339 e. The SMILES string of the molecule is N#CCC(=O)N1CCCC(F)C1. The lowest BCUT2D eigenvalue weighted by atomic mass is 10.1. The van der Waals surface area contributed by atoms with Crippen LogP contribution in [0.3, 0.4) is 0 Å². The molecule has 0 bridgehead atoms. The number of carbonyl (C=O) groups excluding carboxylic acids is 1. The lowest BCUT2D eigenvalue weighted by Gasteiger charge is -2.28. The molecular formula is C8H11FN2O. The van der Waals surface area contributed by atoms with Gasteiger partial charge in [0.2, 0.25) is 5.91 Å². The highest BCUT2D eigenvalue weighted by Crippen LogP contribution is 2.13. The van der Waals surface area contributed by atoms with Crippen LogP contribution >= 0.6 is 0 Å². The van der Waals surface area contributed by atoms with Crippen molar-refractivity contribution in [2.45, 2.75) is 25.4 Å². The molecule has 1 fully saturated rings. The van der Waals surface area contributed by atoms with Crippen LogP contribution in [0.25, 0.3) is 0 Å². The highest BCUT2D eigenvalue weighted by Gasteiger charge is 2.22. The second-order valence-electron chi connectivity index (χ2n) is 2.91. The van der Waals surface area contributed by atoms with Gasteiger partial charge in [-0.3, -0.25) is 4.79 Å². The molecule has 0 aromatic rings. The van der Waals surface area contributed by atoms with Gasteiger partial charge in [0.1, 0.15) is 12.6 Å². The molecule has 0 spiro atoms. The Hall–Kier alpha value is -1.11. The highest BCUT2D eigenvalue weighted by molar-refractivity contribution is 5.78. The van der Waals surface area contributed by atoms with Crippen molar-refractivity contribution in [3.05, 3.63) is 0 Å². The number of halogens is 1. The van der Waals surface area contributed by atoms with Gasteiger partial charge >= 0.3 is 0 Å². The first-order valence-electron chi connectivity index (χ1n) is 4.03. The van der Waals surface area contributed by atoms with E-state index in [2.05, 4.69) is 0 Å². The summed E-state index contributed by atoms with van der Waals surface area (Å²) in [5.74, 6) is -0.250. The Morgan fingerprint density at radius 2 is 2.50 bits per heavy atom. The Balaban J connectivity index is 2.41. The monoisotopic (exact) mass is 170 g/mol. The lowest BCUT2D eigenvalue weighted by Crippen LogP contribution is -2.40. The number of nitriles is 1. The summed E-state index contributed by atoms with van der Waals surface area (Å²) in [5.41, 5.74) is 0. The summed E-state index contributed by atoms with van der Waals surface area (Å²) in [4.78, 5) is 12.5. The fraction of sp³-hybridized carbons (Fsp3) is 0.750. The van der Waals surface area contributed by atoms with Gasteiger partial charge in [-0.15, -0.1) is 0 Å². The number of nitrogens with zero attached hydrogens (tertiary/aromatic N) is 2. The van der Waals surface area contributed by atoms with Crippen molar-refractivity contribution in [2.75, 3.05) is 13.1 Å². The number of hydrogen-bond acceptors (Lipinski definition) is 2. The molecule has 3 nitrogen and oxygen atoms in total. The Morgan fingerprint density at radius 3 is 3.08 bits per heavy atom. The first kappa shape index (κ1) is 8.98. The third kappa shape index (κ3) is 2.19. The van der Waals surface area contributed by atoms with Crippen molar-refractivity contribution in [2.24, 2.45) is 0 Å². The molecule has 0 N–H and O–H groups in total. The van der Waals surface area contributed by atoms with Gasteiger partial charge in [-0.05, 0) is 12.8 Å². The molecule has 1 rings (SSSR count). The van der Waals surface area contributed by atoms with E-state index in [1.807, 2.05) is 0 Å². The summed E-state index contributed by atoms with van der Waals surface area (Å²) in [6.07, 6.45) is 0.211. The molecule has 0 aliphatic carbocycles. The maximum Gasteiger partial charge on any atom is 0.236 e. The fourth-order valence-corrected chi connectivity index (χ4v) is 1.33. The van der Waals surface area contributed by atoms with E-state index < -0.39 is 6.17 Å². The zero-order valence-corrected chi connectivity index (χ0v) is 6.79. The molecule has 1 atom stereocenters. The number of amides is 1. The van der Waals surface area contributed by atoms with E-state index in [1.54, 1.807) is 6.07 Å². The number of carbonyl (C=O) groups is 1. The molecule has 0 aromatic carbocycles. The summed E-state index contributed by atoms with van der Waals surface area (Å²) in [7, 11) is 0. The van der Waals surface area contributed by atoms with Crippen LogP contribution in [-0.2, 0) is 4.79 Å². The van der Waals surface area contributed by atoms with Gasteiger partial charge in [0, 0.05) is 6.54 Å². The minimum Gasteiger partial charge on any atom is -0.339 e. The number of likely N-dealkylation sites (tertiary alicyclic amines) is 1. The van der Waals surface area contributed by atoms with Crippen molar-refractivity contribution in [3.8, 4) is 6.07 Å². The summed E-state index contributed by atoms with van der Waals surface area (Å²) in [5, 5.41) is 8.24. The molecule has 0 saturated carbocycles. The van der Waals surface area contributed by atoms with Crippen molar-refractivity contribution in [1.29, 1.82) is 5.26 Å². The third-order valence-electron chi connectivity index (χ3n) is 1.95. The van der Waals surface area contributed by atoms with Crippen LogP contribution in [0, 0.1) is 11.3 Å². The van der Waals surface area contributed by atoms with Crippen molar-refractivity contribution in [1.82, 2.24) is 4.90 Å². The van der Waals surface area contributed by atoms with Crippen molar-refractivity contribution in [3.63, 3.8) is 0 Å². The molecule has 1 saturated heterocycles. The van der Waals surface area contributed by atoms with Crippen LogP contribution in [0.5, 0.6) is 0 Å². The minimum absolute atomic E-state index is 0.132. The van der Waals surface area contributed by atoms with E-state index >= 15 is 0 Å². The van der Waals surface area contributed by atoms with Gasteiger partial charge in [0.15, 0.2) is 0 Å². The molecule has 0 aromatic heterocycles. The molecule has 0 radical (unpaired) electrons. The molecule has 4 heteroatoms. The molecule has 1 aliphatic rings. The molecule has 12 heavy (non-hydrogen) atoms. The van der Waals surface area contributed by atoms with Crippen LogP contribution in [0.4, 0.5) is 4.39 Å². The zero-order valence-electron chi connectivity index (χ0n) is 6.79. The number of rotatable bonds is 1. The minimum atomic E-state index is -0.901. The van der Waals surface area contributed by atoms with Crippen LogP contribution in [0.2, 0.25) is 0 Å². The molecule has 1 heterocycles. The van der Waals surface area contributed by atoms with Crippen molar-refractivity contribution >= 4 is 5.91 Å². The van der Waals surface area contributed by atoms with Crippen molar-refractivity contribution < 1.29 is 9.18 Å². The van der Waals surface area contributed by atoms with E-state index in [4.69, 9.17) is 5.26 Å². The fourth-order valence-electron chi connectivity index (χ4n) is 1.33. The van der Waals surface area contributed by atoms with E-state index in [1.165, 1.54) is 4.90 Å². The Kier molecular flexibility index (Phi) is 3.03. The summed E-state index contributed by atoms with van der Waals surface area (Å²) in [6, 6.07) is 1.77. The van der Waals surface area contributed by atoms with Gasteiger partial charge in [0.05, 0.1) is 12.6 Å². The molecule has 1 unspecified atom stereocenters. The maximum atomic E-state index is 12.8. The maximum absolute atomic E-state index is 12.8. The average Bonchev–Trinajstić information content (AvgIpc) is 2.05. The summed E-state index contributed by atoms with van der Waals surface area (Å²) in [6.45, 7) is 0.765. The van der Waals surface area contributed by atoms with E-state index in [0.29, 0.717) is 19.4 Å². The second kappa shape index (κ2) is 4.05. The standard InChI is InChI=1S/C8H11FN2O/c9-7-2-1-5-11(6-7)8(12)3-4-10/h7H,1-3,5-6H2. The average molecular weight is 170 g/mol. The lowest BCUT2D eigenvalue weighted by molar-refractivity contribution is -0.132. The third-order valence-corrected chi connectivity index (χ3v) is 1.95. The molecular weight excluding hydrogens is 159 g/mol. The smallest absolute Gasteiger partial charge is 0.236 e. The summed E-state index contributed by atoms with van der Waals surface area (Å²) >= 11 is 0. The molecule has 1 amide bonds. The van der Waals surface area contributed by atoms with Crippen LogP contribution < -0.4 is 0 Å². The van der Waals surface area contributed by atoms with Crippen LogP contribution in [-0.4, -0.2) is 30.1 Å². The second-order valence-corrected chi connectivity index (χ2v) is 2.91. The predicted octanol–water partition coefficient (Wildman–Crippen LogP) is 0.861. The quantitative estimate of drug-likeness (QED) is 0.585. The Morgan fingerprint density at radius 1 is 1.75 bits per heavy atom. The molecule has 66 valence electrons. The van der Waals surface area contributed by atoms with Gasteiger partial charge in [-0.25, -0.2) is 4.39 Å². The first-order chi connectivity index (χ1) is 5.74. The topological polar surface area (TPSA) is 44.1 Å². The van der Waals surface area contributed by atoms with Gasteiger partial charge < -0.3 is 4.90 Å². The van der Waals surface area contributed by atoms with E-state index in [0.717, 1.165) is 0 Å². The summed E-state index contributed by atoms with van der Waals surface area (Å²) < 4.78 is 12.8. The number of hydrogen-bond donors (Lipinski definition) is 0. The highest BCUT2D eigenvalue weighted by atomic mass is 19.1. The Labute approximate surface area is 70.8 Å².